The topological polar surface area (TPSA) is 125 Å². The zero-order valence-electron chi connectivity index (χ0n) is 22.0. The maximum atomic E-state index is 13.5. The standard InChI is InChI=1S/C26H39N5O5/c1-6-36-25(33)30-24(31-12-14-34-15-13-31)29-22(19(2)26(3,4)5)23(32)28-21(16-27)18-35-17-20-10-8-7-9-11-20/h7-11,19,21-22H,6,12-15,17-18H2,1-5H3,(H,28,32)(H,29,30,33)/t19-,21-,22?/m1/s1. The first-order valence-electron chi connectivity index (χ1n) is 12.3. The number of aliphatic imine (C=N–C) groups is 1. The van der Waals surface area contributed by atoms with E-state index in [1.54, 1.807) is 6.92 Å². The van der Waals surface area contributed by atoms with Crippen LogP contribution in [0.3, 0.4) is 0 Å². The van der Waals surface area contributed by atoms with E-state index in [4.69, 9.17) is 19.2 Å². The number of rotatable bonds is 9. The van der Waals surface area contributed by atoms with Gasteiger partial charge in [0.1, 0.15) is 12.1 Å². The van der Waals surface area contributed by atoms with Crippen LogP contribution in [0.4, 0.5) is 4.79 Å². The van der Waals surface area contributed by atoms with Crippen molar-refractivity contribution in [1.29, 1.82) is 5.26 Å². The van der Waals surface area contributed by atoms with Gasteiger partial charge in [0.2, 0.25) is 11.9 Å². The summed E-state index contributed by atoms with van der Waals surface area (Å²) in [7, 11) is 0. The molecule has 1 saturated heterocycles. The van der Waals surface area contributed by atoms with E-state index in [1.807, 2.05) is 62.9 Å². The number of nitrogens with zero attached hydrogens (tertiary/aromatic N) is 3. The van der Waals surface area contributed by atoms with Crippen molar-refractivity contribution in [2.45, 2.75) is 53.3 Å². The molecular formula is C26H39N5O5. The van der Waals surface area contributed by atoms with Crippen LogP contribution in [0.5, 0.6) is 0 Å². The highest BCUT2D eigenvalue weighted by Crippen LogP contribution is 2.30. The molecule has 0 saturated carbocycles. The Morgan fingerprint density at radius 2 is 1.89 bits per heavy atom. The van der Waals surface area contributed by atoms with Gasteiger partial charge in [-0.05, 0) is 23.8 Å². The van der Waals surface area contributed by atoms with Gasteiger partial charge in [-0.2, -0.15) is 5.26 Å². The third-order valence-corrected chi connectivity index (χ3v) is 6.04. The van der Waals surface area contributed by atoms with E-state index in [0.717, 1.165) is 5.56 Å². The van der Waals surface area contributed by atoms with Crippen molar-refractivity contribution in [2.75, 3.05) is 39.5 Å². The highest BCUT2D eigenvalue weighted by Gasteiger charge is 2.35. The second-order valence-corrected chi connectivity index (χ2v) is 9.69. The van der Waals surface area contributed by atoms with Crippen LogP contribution in [0.15, 0.2) is 35.3 Å². The fraction of sp³-hybridized carbons (Fsp3) is 0.615. The number of ether oxygens (including phenoxy) is 3. The van der Waals surface area contributed by atoms with Crippen molar-refractivity contribution in [3.63, 3.8) is 0 Å². The molecule has 1 unspecified atom stereocenters. The van der Waals surface area contributed by atoms with E-state index >= 15 is 0 Å². The van der Waals surface area contributed by atoms with Crippen molar-refractivity contribution in [2.24, 2.45) is 16.3 Å². The molecule has 2 N–H and O–H groups in total. The maximum Gasteiger partial charge on any atom is 0.413 e. The molecule has 0 bridgehead atoms. The zero-order valence-corrected chi connectivity index (χ0v) is 22.0. The summed E-state index contributed by atoms with van der Waals surface area (Å²) in [4.78, 5) is 32.3. The zero-order chi connectivity index (χ0) is 26.6. The van der Waals surface area contributed by atoms with Crippen LogP contribution in [-0.2, 0) is 25.6 Å². The van der Waals surface area contributed by atoms with E-state index in [2.05, 4.69) is 16.7 Å². The third-order valence-electron chi connectivity index (χ3n) is 6.04. The van der Waals surface area contributed by atoms with Gasteiger partial charge in [0, 0.05) is 13.1 Å². The normalized spacial score (nSPS) is 16.9. The van der Waals surface area contributed by atoms with Gasteiger partial charge in [0.25, 0.3) is 0 Å². The van der Waals surface area contributed by atoms with Crippen LogP contribution >= 0.6 is 0 Å². The first-order valence-corrected chi connectivity index (χ1v) is 12.3. The number of morpholine rings is 1. The van der Waals surface area contributed by atoms with Crippen LogP contribution in [0.1, 0.15) is 40.2 Å². The predicted molar refractivity (Wildman–Crippen MR) is 136 cm³/mol. The summed E-state index contributed by atoms with van der Waals surface area (Å²) in [6.07, 6.45) is -0.644. The Morgan fingerprint density at radius 3 is 2.47 bits per heavy atom. The number of amides is 2. The molecular weight excluding hydrogens is 462 g/mol. The molecule has 0 spiro atoms. The Kier molecular flexibility index (Phi) is 11.6. The fourth-order valence-electron chi connectivity index (χ4n) is 3.47. The van der Waals surface area contributed by atoms with Crippen LogP contribution in [0, 0.1) is 22.7 Å². The summed E-state index contributed by atoms with van der Waals surface area (Å²) in [6, 6.07) is 9.98. The summed E-state index contributed by atoms with van der Waals surface area (Å²) in [5.41, 5.74) is 0.696. The summed E-state index contributed by atoms with van der Waals surface area (Å²) in [5, 5.41) is 15.1. The lowest BCUT2D eigenvalue weighted by atomic mass is 9.77. The smallest absolute Gasteiger partial charge is 0.413 e. The van der Waals surface area contributed by atoms with Gasteiger partial charge in [0.15, 0.2) is 0 Å². The second kappa shape index (κ2) is 14.4. The molecule has 1 aromatic rings. The van der Waals surface area contributed by atoms with Crippen molar-refractivity contribution in [1.82, 2.24) is 15.5 Å². The minimum atomic E-state index is -0.866. The van der Waals surface area contributed by atoms with Crippen molar-refractivity contribution in [3.8, 4) is 6.07 Å². The molecule has 1 heterocycles. The van der Waals surface area contributed by atoms with Crippen LogP contribution in [-0.4, -0.2) is 74.5 Å². The lowest BCUT2D eigenvalue weighted by Crippen LogP contribution is -2.52. The Morgan fingerprint density at radius 1 is 1.22 bits per heavy atom. The maximum absolute atomic E-state index is 13.5. The van der Waals surface area contributed by atoms with Crippen LogP contribution < -0.4 is 10.6 Å². The highest BCUT2D eigenvalue weighted by molar-refractivity contribution is 5.96. The van der Waals surface area contributed by atoms with E-state index in [1.165, 1.54) is 0 Å². The average molecular weight is 502 g/mol. The molecule has 0 aromatic heterocycles. The molecule has 1 fully saturated rings. The number of nitriles is 1. The molecule has 0 aliphatic carbocycles. The molecule has 2 rings (SSSR count). The van der Waals surface area contributed by atoms with Crippen molar-refractivity contribution < 1.29 is 23.8 Å². The van der Waals surface area contributed by atoms with E-state index < -0.39 is 24.1 Å². The Hall–Kier alpha value is -3.16. The van der Waals surface area contributed by atoms with Crippen molar-refractivity contribution in [3.05, 3.63) is 35.9 Å². The summed E-state index contributed by atoms with van der Waals surface area (Å²) in [6.45, 7) is 12.3. The van der Waals surface area contributed by atoms with Gasteiger partial charge in [-0.3, -0.25) is 10.1 Å². The number of hydrogen-bond donors (Lipinski definition) is 2. The number of hydrogen-bond acceptors (Lipinski definition) is 7. The number of carbonyl (C=O) groups excluding carboxylic acids is 2. The summed E-state index contributed by atoms with van der Waals surface area (Å²) < 4.78 is 16.1. The number of alkyl carbamates (subject to hydrolysis) is 1. The minimum absolute atomic E-state index is 0.0366. The van der Waals surface area contributed by atoms with Crippen molar-refractivity contribution >= 4 is 18.0 Å². The van der Waals surface area contributed by atoms with Crippen LogP contribution in [0.2, 0.25) is 0 Å². The lowest BCUT2D eigenvalue weighted by Gasteiger charge is -2.34. The van der Waals surface area contributed by atoms with Gasteiger partial charge >= 0.3 is 6.09 Å². The molecule has 10 heteroatoms. The van der Waals surface area contributed by atoms with E-state index in [9.17, 15) is 14.9 Å². The molecule has 2 amide bonds. The number of nitrogens with one attached hydrogen (secondary N) is 2. The van der Waals surface area contributed by atoms with Gasteiger partial charge < -0.3 is 24.4 Å². The van der Waals surface area contributed by atoms with Gasteiger partial charge in [-0.15, -0.1) is 0 Å². The molecule has 36 heavy (non-hydrogen) atoms. The molecule has 1 aromatic carbocycles. The highest BCUT2D eigenvalue weighted by atomic mass is 16.5. The minimum Gasteiger partial charge on any atom is -0.450 e. The molecule has 0 radical (unpaired) electrons. The van der Waals surface area contributed by atoms with E-state index in [0.29, 0.717) is 32.9 Å². The largest absolute Gasteiger partial charge is 0.450 e. The Balaban J connectivity index is 2.21. The van der Waals surface area contributed by atoms with Gasteiger partial charge in [-0.1, -0.05) is 58.0 Å². The first-order chi connectivity index (χ1) is 17.2. The number of carbonyl (C=O) groups is 2. The molecule has 3 atom stereocenters. The van der Waals surface area contributed by atoms with Crippen LogP contribution in [0.25, 0.3) is 0 Å². The molecule has 1 aliphatic heterocycles. The van der Waals surface area contributed by atoms with E-state index in [-0.39, 0.29) is 30.5 Å². The van der Waals surface area contributed by atoms with Gasteiger partial charge in [-0.25, -0.2) is 9.79 Å². The average Bonchev–Trinajstić information content (AvgIpc) is 2.86. The third kappa shape index (κ3) is 9.47. The summed E-state index contributed by atoms with van der Waals surface area (Å²) >= 11 is 0. The second-order valence-electron chi connectivity index (χ2n) is 9.69. The summed E-state index contributed by atoms with van der Waals surface area (Å²) in [5.74, 6) is -0.382. The molecule has 1 aliphatic rings. The fourth-order valence-corrected chi connectivity index (χ4v) is 3.47. The lowest BCUT2D eigenvalue weighted by molar-refractivity contribution is -0.125. The number of guanidine groups is 1. The Labute approximate surface area is 214 Å². The first kappa shape index (κ1) is 29.1. The molecule has 198 valence electrons. The molecule has 10 nitrogen and oxygen atoms in total. The Bertz CT molecular complexity index is 904. The number of benzene rings is 1. The monoisotopic (exact) mass is 501 g/mol. The SMILES string of the molecule is CCOC(=O)NC(=NC(C(=O)N[C@H](C#N)COCc1ccccc1)[C@@H](C)C(C)(C)C)N1CCOCC1. The quantitative estimate of drug-likeness (QED) is 0.394. The predicted octanol–water partition coefficient (Wildman–Crippen LogP) is 2.70. The van der Waals surface area contributed by atoms with Gasteiger partial charge in [0.05, 0.1) is 39.1 Å².